The molecule has 0 bridgehead atoms. The fourth-order valence-electron chi connectivity index (χ4n) is 1.65. The van der Waals surface area contributed by atoms with Crippen LogP contribution in [0, 0.1) is 6.92 Å². The predicted molar refractivity (Wildman–Crippen MR) is 72.2 cm³/mol. The highest BCUT2D eigenvalue weighted by molar-refractivity contribution is 7.92. The lowest BCUT2D eigenvalue weighted by atomic mass is 10.1. The van der Waals surface area contributed by atoms with Crippen LogP contribution in [0.3, 0.4) is 0 Å². The van der Waals surface area contributed by atoms with Crippen molar-refractivity contribution < 1.29 is 12.8 Å². The summed E-state index contributed by atoms with van der Waals surface area (Å²) in [7, 11) is -3.31. The van der Waals surface area contributed by atoms with Crippen molar-refractivity contribution in [3.8, 4) is 11.5 Å². The average Bonchev–Trinajstić information content (AvgIpc) is 2.85. The van der Waals surface area contributed by atoms with Crippen LogP contribution in [-0.2, 0) is 10.0 Å². The molecule has 1 aromatic carbocycles. The molecule has 1 N–H and O–H groups in total. The van der Waals surface area contributed by atoms with Crippen molar-refractivity contribution in [1.82, 2.24) is 10.2 Å². The highest BCUT2D eigenvalue weighted by atomic mass is 32.2. The van der Waals surface area contributed by atoms with Crippen LogP contribution in [0.4, 0.5) is 5.69 Å². The third kappa shape index (κ3) is 3.31. The Morgan fingerprint density at radius 2 is 2.16 bits per heavy atom. The molecule has 0 atom stereocenters. The maximum Gasteiger partial charge on any atom is 0.247 e. The number of benzene rings is 1. The first-order chi connectivity index (χ1) is 9.02. The minimum absolute atomic E-state index is 0.0945. The fraction of sp³-hybridized carbons (Fsp3) is 0.333. The van der Waals surface area contributed by atoms with Gasteiger partial charge in [0.15, 0.2) is 0 Å². The van der Waals surface area contributed by atoms with Gasteiger partial charge in [-0.2, -0.15) is 0 Å². The maximum atomic E-state index is 11.8. The van der Waals surface area contributed by atoms with E-state index in [9.17, 15) is 8.42 Å². The van der Waals surface area contributed by atoms with Crippen LogP contribution in [-0.4, -0.2) is 24.4 Å². The predicted octanol–water partition coefficient (Wildman–Crippen LogP) is 2.20. The van der Waals surface area contributed by atoms with E-state index in [-0.39, 0.29) is 5.75 Å². The van der Waals surface area contributed by atoms with Crippen LogP contribution in [0.1, 0.15) is 18.9 Å². The summed E-state index contributed by atoms with van der Waals surface area (Å²) in [4.78, 5) is 0. The molecule has 0 saturated carbocycles. The normalized spacial score (nSPS) is 11.5. The highest BCUT2D eigenvalue weighted by Gasteiger charge is 2.12. The van der Waals surface area contributed by atoms with Crippen molar-refractivity contribution in [2.24, 2.45) is 0 Å². The summed E-state index contributed by atoms with van der Waals surface area (Å²) in [5, 5.41) is 7.40. The zero-order valence-corrected chi connectivity index (χ0v) is 11.6. The lowest BCUT2D eigenvalue weighted by Gasteiger charge is -2.10. The van der Waals surface area contributed by atoms with E-state index < -0.39 is 10.0 Å². The van der Waals surface area contributed by atoms with E-state index in [0.717, 1.165) is 5.56 Å². The molecule has 0 radical (unpaired) electrons. The zero-order chi connectivity index (χ0) is 13.9. The summed E-state index contributed by atoms with van der Waals surface area (Å²) in [5.41, 5.74) is 2.05. The molecule has 0 saturated heterocycles. The van der Waals surface area contributed by atoms with Gasteiger partial charge >= 0.3 is 0 Å². The highest BCUT2D eigenvalue weighted by Crippen LogP contribution is 2.24. The van der Waals surface area contributed by atoms with Crippen molar-refractivity contribution in [3.05, 3.63) is 30.2 Å². The molecule has 0 aliphatic carbocycles. The summed E-state index contributed by atoms with van der Waals surface area (Å²) < 4.78 is 31.2. The Labute approximate surface area is 111 Å². The maximum absolute atomic E-state index is 11.8. The van der Waals surface area contributed by atoms with Crippen molar-refractivity contribution >= 4 is 15.7 Å². The van der Waals surface area contributed by atoms with Crippen molar-refractivity contribution in [1.29, 1.82) is 0 Å². The lowest BCUT2D eigenvalue weighted by Crippen LogP contribution is -2.16. The van der Waals surface area contributed by atoms with Gasteiger partial charge in [0.1, 0.15) is 0 Å². The lowest BCUT2D eigenvalue weighted by molar-refractivity contribution is 0.568. The Kier molecular flexibility index (Phi) is 3.84. The second-order valence-electron chi connectivity index (χ2n) is 4.19. The van der Waals surface area contributed by atoms with E-state index in [0.29, 0.717) is 23.6 Å². The number of rotatable bonds is 5. The van der Waals surface area contributed by atoms with Gasteiger partial charge in [-0.05, 0) is 31.0 Å². The van der Waals surface area contributed by atoms with Crippen LogP contribution in [0.5, 0.6) is 0 Å². The average molecular weight is 281 g/mol. The van der Waals surface area contributed by atoms with E-state index >= 15 is 0 Å². The second-order valence-corrected chi connectivity index (χ2v) is 6.04. The number of hydrogen-bond acceptors (Lipinski definition) is 5. The van der Waals surface area contributed by atoms with Gasteiger partial charge < -0.3 is 4.42 Å². The fourth-order valence-corrected chi connectivity index (χ4v) is 2.85. The monoisotopic (exact) mass is 281 g/mol. The number of sulfonamides is 1. The molecule has 0 spiro atoms. The second kappa shape index (κ2) is 5.40. The largest absolute Gasteiger partial charge is 0.423 e. The van der Waals surface area contributed by atoms with Crippen LogP contribution >= 0.6 is 0 Å². The first kappa shape index (κ1) is 13.5. The SMILES string of the molecule is CCCS(=O)(=O)Nc1cc(-c2nnco2)ccc1C. The summed E-state index contributed by atoms with van der Waals surface area (Å²) in [5.74, 6) is 0.452. The molecule has 0 fully saturated rings. The molecule has 7 heteroatoms. The number of hydrogen-bond donors (Lipinski definition) is 1. The van der Waals surface area contributed by atoms with E-state index in [1.807, 2.05) is 19.9 Å². The molecular weight excluding hydrogens is 266 g/mol. The number of aromatic nitrogens is 2. The molecule has 19 heavy (non-hydrogen) atoms. The summed E-state index contributed by atoms with van der Waals surface area (Å²) in [6, 6.07) is 5.31. The molecule has 1 heterocycles. The quantitative estimate of drug-likeness (QED) is 0.908. The molecule has 0 aliphatic heterocycles. The van der Waals surface area contributed by atoms with Gasteiger partial charge in [0.05, 0.1) is 11.4 Å². The van der Waals surface area contributed by atoms with Crippen molar-refractivity contribution in [3.63, 3.8) is 0 Å². The Hall–Kier alpha value is -1.89. The molecule has 6 nitrogen and oxygen atoms in total. The molecule has 0 amide bonds. The van der Waals surface area contributed by atoms with Gasteiger partial charge in [-0.25, -0.2) is 8.42 Å². The van der Waals surface area contributed by atoms with Gasteiger partial charge in [0.2, 0.25) is 22.3 Å². The van der Waals surface area contributed by atoms with Crippen LogP contribution < -0.4 is 4.72 Å². The Morgan fingerprint density at radius 1 is 1.37 bits per heavy atom. The summed E-state index contributed by atoms with van der Waals surface area (Å²) in [6.45, 7) is 3.66. The van der Waals surface area contributed by atoms with Crippen LogP contribution in [0.15, 0.2) is 29.0 Å². The Morgan fingerprint density at radius 3 is 2.79 bits per heavy atom. The van der Waals surface area contributed by atoms with Gasteiger partial charge in [-0.15, -0.1) is 10.2 Å². The van der Waals surface area contributed by atoms with Crippen LogP contribution in [0.25, 0.3) is 11.5 Å². The van der Waals surface area contributed by atoms with Gasteiger partial charge in [0.25, 0.3) is 0 Å². The molecule has 2 aromatic rings. The van der Waals surface area contributed by atoms with E-state index in [4.69, 9.17) is 4.42 Å². The first-order valence-electron chi connectivity index (χ1n) is 5.89. The van der Waals surface area contributed by atoms with Gasteiger partial charge in [0, 0.05) is 5.56 Å². The number of nitrogens with one attached hydrogen (secondary N) is 1. The minimum atomic E-state index is -3.31. The third-order valence-corrected chi connectivity index (χ3v) is 4.06. The molecule has 1 aromatic heterocycles. The topological polar surface area (TPSA) is 85.1 Å². The van der Waals surface area contributed by atoms with E-state index in [1.54, 1.807) is 12.1 Å². The minimum Gasteiger partial charge on any atom is -0.423 e. The molecule has 102 valence electrons. The Bertz CT molecular complexity index is 651. The smallest absolute Gasteiger partial charge is 0.247 e. The summed E-state index contributed by atoms with van der Waals surface area (Å²) in [6.07, 6.45) is 1.80. The third-order valence-electron chi connectivity index (χ3n) is 2.58. The van der Waals surface area contributed by atoms with Crippen molar-refractivity contribution in [2.75, 3.05) is 10.5 Å². The van der Waals surface area contributed by atoms with Gasteiger partial charge in [-0.3, -0.25) is 4.72 Å². The summed E-state index contributed by atoms with van der Waals surface area (Å²) >= 11 is 0. The molecule has 2 rings (SSSR count). The Balaban J connectivity index is 2.33. The standard InChI is InChI=1S/C12H15N3O3S/c1-3-6-19(16,17)15-11-7-10(5-4-9(11)2)12-14-13-8-18-12/h4-5,7-8,15H,3,6H2,1-2H3. The first-order valence-corrected chi connectivity index (χ1v) is 7.55. The molecule has 0 unspecified atom stereocenters. The van der Waals surface area contributed by atoms with E-state index in [1.165, 1.54) is 6.39 Å². The zero-order valence-electron chi connectivity index (χ0n) is 10.8. The number of anilines is 1. The molecule has 0 aliphatic rings. The van der Waals surface area contributed by atoms with E-state index in [2.05, 4.69) is 14.9 Å². The van der Waals surface area contributed by atoms with Crippen LogP contribution in [0.2, 0.25) is 0 Å². The van der Waals surface area contributed by atoms with Gasteiger partial charge in [-0.1, -0.05) is 13.0 Å². The number of aryl methyl sites for hydroxylation is 1. The van der Waals surface area contributed by atoms with Crippen molar-refractivity contribution in [2.45, 2.75) is 20.3 Å². The molecular formula is C12H15N3O3S. The number of nitrogens with zero attached hydrogens (tertiary/aromatic N) is 2.